The summed E-state index contributed by atoms with van der Waals surface area (Å²) in [5, 5.41) is 2.98. The molecule has 64 valence electrons. The van der Waals surface area contributed by atoms with Crippen LogP contribution in [0.25, 0.3) is 6.08 Å². The Morgan fingerprint density at radius 2 is 2.33 bits per heavy atom. The van der Waals surface area contributed by atoms with Crippen LogP contribution in [0.4, 0.5) is 5.69 Å². The van der Waals surface area contributed by atoms with Gasteiger partial charge in [-0.25, -0.2) is 4.98 Å². The lowest BCUT2D eigenvalue weighted by Crippen LogP contribution is -1.96. The van der Waals surface area contributed by atoms with Gasteiger partial charge in [0.05, 0.1) is 18.5 Å². The Hall–Kier alpha value is -1.51. The first-order valence-corrected chi connectivity index (χ1v) is 3.67. The summed E-state index contributed by atoms with van der Waals surface area (Å²) >= 11 is 0. The van der Waals surface area contributed by atoms with Gasteiger partial charge in [-0.3, -0.25) is 0 Å². The van der Waals surface area contributed by atoms with Crippen molar-refractivity contribution in [2.24, 2.45) is 0 Å². The van der Waals surface area contributed by atoms with Crippen molar-refractivity contribution in [3.05, 3.63) is 24.4 Å². The van der Waals surface area contributed by atoms with Crippen molar-refractivity contribution in [2.45, 2.75) is 0 Å². The SMILES string of the molecule is C=Cc1ccc(NC)c(OC)n1. The zero-order valence-corrected chi connectivity index (χ0v) is 7.29. The third kappa shape index (κ3) is 1.56. The van der Waals surface area contributed by atoms with Gasteiger partial charge in [-0.05, 0) is 18.2 Å². The van der Waals surface area contributed by atoms with E-state index in [2.05, 4.69) is 16.9 Å². The van der Waals surface area contributed by atoms with Crippen LogP contribution in [0.5, 0.6) is 5.88 Å². The lowest BCUT2D eigenvalue weighted by molar-refractivity contribution is 0.399. The Kier molecular flexibility index (Phi) is 2.69. The van der Waals surface area contributed by atoms with Gasteiger partial charge in [0.15, 0.2) is 0 Å². The highest BCUT2D eigenvalue weighted by molar-refractivity contribution is 5.56. The molecule has 1 rings (SSSR count). The van der Waals surface area contributed by atoms with Crippen LogP contribution in [0.2, 0.25) is 0 Å². The van der Waals surface area contributed by atoms with Crippen LogP contribution in [-0.2, 0) is 0 Å². The summed E-state index contributed by atoms with van der Waals surface area (Å²) in [6.45, 7) is 3.62. The van der Waals surface area contributed by atoms with Crippen molar-refractivity contribution in [3.63, 3.8) is 0 Å². The summed E-state index contributed by atoms with van der Waals surface area (Å²) in [5.41, 5.74) is 1.69. The largest absolute Gasteiger partial charge is 0.480 e. The molecule has 0 bridgehead atoms. The molecule has 0 saturated heterocycles. The van der Waals surface area contributed by atoms with E-state index in [1.54, 1.807) is 13.2 Å². The summed E-state index contributed by atoms with van der Waals surface area (Å²) < 4.78 is 5.06. The topological polar surface area (TPSA) is 34.1 Å². The number of methoxy groups -OCH3 is 1. The monoisotopic (exact) mass is 164 g/mol. The Labute approximate surface area is 72.1 Å². The Morgan fingerprint density at radius 3 is 2.83 bits per heavy atom. The molecule has 0 radical (unpaired) electrons. The molecular weight excluding hydrogens is 152 g/mol. The zero-order valence-electron chi connectivity index (χ0n) is 7.29. The van der Waals surface area contributed by atoms with Crippen LogP contribution in [0, 0.1) is 0 Å². The van der Waals surface area contributed by atoms with E-state index in [0.29, 0.717) is 5.88 Å². The Morgan fingerprint density at radius 1 is 1.58 bits per heavy atom. The fraction of sp³-hybridized carbons (Fsp3) is 0.222. The van der Waals surface area contributed by atoms with Crippen molar-refractivity contribution < 1.29 is 4.74 Å². The predicted octanol–water partition coefficient (Wildman–Crippen LogP) is 1.77. The molecule has 0 aliphatic carbocycles. The van der Waals surface area contributed by atoms with Crippen molar-refractivity contribution >= 4 is 11.8 Å². The molecule has 0 aromatic carbocycles. The van der Waals surface area contributed by atoms with Gasteiger partial charge < -0.3 is 10.1 Å². The number of rotatable bonds is 3. The van der Waals surface area contributed by atoms with Crippen molar-refractivity contribution in [2.75, 3.05) is 19.5 Å². The Bertz CT molecular complexity index is 284. The minimum Gasteiger partial charge on any atom is -0.480 e. The van der Waals surface area contributed by atoms with E-state index in [0.717, 1.165) is 11.4 Å². The summed E-state index contributed by atoms with van der Waals surface area (Å²) in [6.07, 6.45) is 1.68. The molecule has 0 spiro atoms. The van der Waals surface area contributed by atoms with Gasteiger partial charge in [0, 0.05) is 7.05 Å². The first-order valence-electron chi connectivity index (χ1n) is 3.67. The molecule has 0 aliphatic rings. The van der Waals surface area contributed by atoms with E-state index in [4.69, 9.17) is 4.74 Å². The number of aromatic nitrogens is 1. The van der Waals surface area contributed by atoms with E-state index < -0.39 is 0 Å². The van der Waals surface area contributed by atoms with Gasteiger partial charge in [0.25, 0.3) is 0 Å². The average molecular weight is 164 g/mol. The number of anilines is 1. The Balaban J connectivity index is 3.10. The third-order valence-electron chi connectivity index (χ3n) is 1.55. The van der Waals surface area contributed by atoms with Crippen molar-refractivity contribution in [3.8, 4) is 5.88 Å². The maximum absolute atomic E-state index is 5.06. The van der Waals surface area contributed by atoms with Crippen LogP contribution in [-0.4, -0.2) is 19.1 Å². The molecule has 0 atom stereocenters. The molecule has 0 amide bonds. The average Bonchev–Trinajstić information content (AvgIpc) is 2.16. The molecule has 1 aromatic rings. The normalized spacial score (nSPS) is 9.17. The first-order chi connectivity index (χ1) is 5.81. The maximum atomic E-state index is 5.06. The van der Waals surface area contributed by atoms with Crippen LogP contribution in [0.1, 0.15) is 5.69 Å². The van der Waals surface area contributed by atoms with Gasteiger partial charge in [0.1, 0.15) is 0 Å². The highest BCUT2D eigenvalue weighted by atomic mass is 16.5. The maximum Gasteiger partial charge on any atom is 0.237 e. The van der Waals surface area contributed by atoms with E-state index in [1.165, 1.54) is 0 Å². The molecule has 12 heavy (non-hydrogen) atoms. The van der Waals surface area contributed by atoms with Gasteiger partial charge in [-0.2, -0.15) is 0 Å². The summed E-state index contributed by atoms with van der Waals surface area (Å²) in [5.74, 6) is 0.593. The second-order valence-corrected chi connectivity index (χ2v) is 2.25. The van der Waals surface area contributed by atoms with Crippen molar-refractivity contribution in [1.82, 2.24) is 4.98 Å². The van der Waals surface area contributed by atoms with Gasteiger partial charge in [0.2, 0.25) is 5.88 Å². The standard InChI is InChI=1S/C9H12N2O/c1-4-7-5-6-8(10-2)9(11-7)12-3/h4-6,10H,1H2,2-3H3. The lowest BCUT2D eigenvalue weighted by atomic mass is 10.3. The van der Waals surface area contributed by atoms with Crippen molar-refractivity contribution in [1.29, 1.82) is 0 Å². The van der Waals surface area contributed by atoms with Crippen LogP contribution in [0.3, 0.4) is 0 Å². The fourth-order valence-corrected chi connectivity index (χ4v) is 0.914. The summed E-state index contributed by atoms with van der Waals surface area (Å²) in [4.78, 5) is 4.18. The second kappa shape index (κ2) is 3.76. The van der Waals surface area contributed by atoms with E-state index >= 15 is 0 Å². The summed E-state index contributed by atoms with van der Waals surface area (Å²) in [6, 6.07) is 3.78. The number of pyridine rings is 1. The van der Waals surface area contributed by atoms with Gasteiger partial charge in [-0.15, -0.1) is 0 Å². The van der Waals surface area contributed by atoms with Crippen LogP contribution >= 0.6 is 0 Å². The van der Waals surface area contributed by atoms with E-state index in [9.17, 15) is 0 Å². The number of ether oxygens (including phenoxy) is 1. The minimum atomic E-state index is 0.593. The number of hydrogen-bond acceptors (Lipinski definition) is 3. The fourth-order valence-electron chi connectivity index (χ4n) is 0.914. The number of nitrogens with zero attached hydrogens (tertiary/aromatic N) is 1. The van der Waals surface area contributed by atoms with E-state index in [-0.39, 0.29) is 0 Å². The number of hydrogen-bond donors (Lipinski definition) is 1. The molecule has 1 N–H and O–H groups in total. The molecule has 1 aromatic heterocycles. The molecule has 3 nitrogen and oxygen atoms in total. The number of nitrogens with one attached hydrogen (secondary N) is 1. The quantitative estimate of drug-likeness (QED) is 0.739. The minimum absolute atomic E-state index is 0.593. The zero-order chi connectivity index (χ0) is 8.97. The molecule has 1 heterocycles. The summed E-state index contributed by atoms with van der Waals surface area (Å²) in [7, 11) is 3.42. The predicted molar refractivity (Wildman–Crippen MR) is 50.4 cm³/mol. The first kappa shape index (κ1) is 8.59. The molecule has 0 aliphatic heterocycles. The molecule has 0 saturated carbocycles. The highest BCUT2D eigenvalue weighted by Crippen LogP contribution is 2.20. The lowest BCUT2D eigenvalue weighted by Gasteiger charge is -2.06. The van der Waals surface area contributed by atoms with Crippen LogP contribution in [0.15, 0.2) is 18.7 Å². The molecule has 0 fully saturated rings. The molecule has 3 heteroatoms. The van der Waals surface area contributed by atoms with Gasteiger partial charge >= 0.3 is 0 Å². The van der Waals surface area contributed by atoms with E-state index in [1.807, 2.05) is 19.2 Å². The molecule has 0 unspecified atom stereocenters. The smallest absolute Gasteiger partial charge is 0.237 e. The third-order valence-corrected chi connectivity index (χ3v) is 1.55. The second-order valence-electron chi connectivity index (χ2n) is 2.25. The van der Waals surface area contributed by atoms with Gasteiger partial charge in [-0.1, -0.05) is 6.58 Å². The van der Waals surface area contributed by atoms with Crippen LogP contribution < -0.4 is 10.1 Å². The highest BCUT2D eigenvalue weighted by Gasteiger charge is 2.01. The molecular formula is C9H12N2O.